The predicted molar refractivity (Wildman–Crippen MR) is 105 cm³/mol. The van der Waals surface area contributed by atoms with E-state index >= 15 is 0 Å². The summed E-state index contributed by atoms with van der Waals surface area (Å²) in [6.45, 7) is 13.8. The summed E-state index contributed by atoms with van der Waals surface area (Å²) in [6, 6.07) is 8.19. The van der Waals surface area contributed by atoms with Gasteiger partial charge in [-0.15, -0.1) is 6.58 Å². The van der Waals surface area contributed by atoms with Crippen LogP contribution in [0.2, 0.25) is 5.02 Å². The Morgan fingerprint density at radius 1 is 1.35 bits per heavy atom. The Hall–Kier alpha value is -1.60. The Labute approximate surface area is 146 Å². The van der Waals surface area contributed by atoms with Crippen LogP contribution in [0.1, 0.15) is 45.6 Å². The Kier molecular flexibility index (Phi) is 8.65. The van der Waals surface area contributed by atoms with Crippen molar-refractivity contribution in [3.05, 3.63) is 71.8 Å². The van der Waals surface area contributed by atoms with Gasteiger partial charge < -0.3 is 0 Å². The molecular weight excluding hydrogens is 302 g/mol. The van der Waals surface area contributed by atoms with Gasteiger partial charge in [0.15, 0.2) is 0 Å². The fourth-order valence-electron chi connectivity index (χ4n) is 2.45. The first kappa shape index (κ1) is 19.4. The number of hydrogen-bond donors (Lipinski definition) is 0. The molecule has 0 N–H and O–H groups in total. The molecule has 1 aromatic carbocycles. The predicted octanol–water partition coefficient (Wildman–Crippen LogP) is 6.64. The van der Waals surface area contributed by atoms with Gasteiger partial charge in [0.2, 0.25) is 0 Å². The molecule has 1 unspecified atom stereocenters. The van der Waals surface area contributed by atoms with Gasteiger partial charge in [0.25, 0.3) is 0 Å². The lowest BCUT2D eigenvalue weighted by molar-refractivity contribution is 0.664. The van der Waals surface area contributed by atoms with Gasteiger partial charge in [-0.1, -0.05) is 68.5 Å². The van der Waals surface area contributed by atoms with E-state index in [1.54, 1.807) is 0 Å². The van der Waals surface area contributed by atoms with Crippen LogP contribution >= 0.6 is 11.6 Å². The van der Waals surface area contributed by atoms with Crippen LogP contribution in [0.5, 0.6) is 0 Å². The fraction of sp³-hybridized carbons (Fsp3) is 0.381. The Morgan fingerprint density at radius 2 is 2.04 bits per heavy atom. The van der Waals surface area contributed by atoms with E-state index in [-0.39, 0.29) is 0 Å². The third kappa shape index (κ3) is 6.58. The SMILES string of the molecule is C=C/C=C(\C)C1CCC(c2ccccc2Cl)=N1.C=CCC(C)C. The third-order valence-electron chi connectivity index (χ3n) is 3.70. The summed E-state index contributed by atoms with van der Waals surface area (Å²) in [6.07, 6.45) is 9.00. The van der Waals surface area contributed by atoms with Crippen LogP contribution in [0.3, 0.4) is 0 Å². The molecule has 1 nitrogen and oxygen atoms in total. The molecule has 1 aliphatic rings. The van der Waals surface area contributed by atoms with Gasteiger partial charge in [0.1, 0.15) is 0 Å². The van der Waals surface area contributed by atoms with Crippen molar-refractivity contribution in [1.29, 1.82) is 0 Å². The molecule has 1 aromatic rings. The first-order chi connectivity index (χ1) is 11.0. The van der Waals surface area contributed by atoms with E-state index < -0.39 is 0 Å². The highest BCUT2D eigenvalue weighted by Gasteiger charge is 2.20. The van der Waals surface area contributed by atoms with E-state index in [1.165, 1.54) is 5.57 Å². The molecule has 0 aliphatic carbocycles. The summed E-state index contributed by atoms with van der Waals surface area (Å²) >= 11 is 6.18. The number of hydrogen-bond acceptors (Lipinski definition) is 1. The molecule has 0 aromatic heterocycles. The lowest BCUT2D eigenvalue weighted by Crippen LogP contribution is -2.00. The second-order valence-corrected chi connectivity index (χ2v) is 6.58. The second-order valence-electron chi connectivity index (χ2n) is 6.17. The van der Waals surface area contributed by atoms with E-state index in [9.17, 15) is 0 Å². The molecule has 1 aliphatic heterocycles. The van der Waals surface area contributed by atoms with Crippen LogP contribution in [-0.4, -0.2) is 11.8 Å². The van der Waals surface area contributed by atoms with E-state index in [2.05, 4.69) is 33.9 Å². The average Bonchev–Trinajstić information content (AvgIpc) is 2.98. The topological polar surface area (TPSA) is 12.4 Å². The van der Waals surface area contributed by atoms with Crippen LogP contribution in [-0.2, 0) is 0 Å². The van der Waals surface area contributed by atoms with Crippen molar-refractivity contribution in [2.75, 3.05) is 0 Å². The molecule has 0 spiro atoms. The number of rotatable bonds is 5. The Morgan fingerprint density at radius 3 is 2.57 bits per heavy atom. The summed E-state index contributed by atoms with van der Waals surface area (Å²) in [4.78, 5) is 4.75. The Bertz CT molecular complexity index is 581. The van der Waals surface area contributed by atoms with Crippen LogP contribution in [0, 0.1) is 5.92 Å². The van der Waals surface area contributed by atoms with Gasteiger partial charge in [0.05, 0.1) is 6.04 Å². The molecular formula is C21H28ClN. The van der Waals surface area contributed by atoms with Crippen molar-refractivity contribution in [2.45, 2.75) is 46.1 Å². The van der Waals surface area contributed by atoms with Crippen molar-refractivity contribution >= 4 is 17.3 Å². The monoisotopic (exact) mass is 329 g/mol. The first-order valence-corrected chi connectivity index (χ1v) is 8.59. The molecule has 1 heterocycles. The maximum atomic E-state index is 6.18. The molecule has 0 saturated carbocycles. The van der Waals surface area contributed by atoms with Crippen molar-refractivity contribution < 1.29 is 0 Å². The smallest absolute Gasteiger partial charge is 0.0716 e. The van der Waals surface area contributed by atoms with Gasteiger partial charge in [-0.25, -0.2) is 0 Å². The molecule has 124 valence electrons. The van der Waals surface area contributed by atoms with E-state index in [1.807, 2.05) is 42.5 Å². The zero-order valence-corrected chi connectivity index (χ0v) is 15.3. The van der Waals surface area contributed by atoms with Gasteiger partial charge in [-0.2, -0.15) is 0 Å². The molecule has 1 atom stereocenters. The summed E-state index contributed by atoms with van der Waals surface area (Å²) < 4.78 is 0. The summed E-state index contributed by atoms with van der Waals surface area (Å²) in [5.41, 5.74) is 3.46. The highest BCUT2D eigenvalue weighted by Crippen LogP contribution is 2.26. The number of allylic oxidation sites excluding steroid dienone is 3. The van der Waals surface area contributed by atoms with Gasteiger partial charge in [-0.05, 0) is 43.7 Å². The maximum absolute atomic E-state index is 6.18. The second kappa shape index (κ2) is 10.2. The first-order valence-electron chi connectivity index (χ1n) is 8.21. The van der Waals surface area contributed by atoms with E-state index in [0.29, 0.717) is 6.04 Å². The van der Waals surface area contributed by atoms with Crippen molar-refractivity contribution in [3.63, 3.8) is 0 Å². The quantitative estimate of drug-likeness (QED) is 0.424. The summed E-state index contributed by atoms with van der Waals surface area (Å²) in [5, 5.41) is 0.789. The number of halogens is 1. The molecule has 2 rings (SSSR count). The zero-order chi connectivity index (χ0) is 17.2. The standard InChI is InChI=1S/C15H16ClN.C6H12/c1-3-6-11(2)14-9-10-15(17-14)12-7-4-5-8-13(12)16;1-4-5-6(2)3/h3-8,14H,1,9-10H2,2H3;4,6H,1,5H2,2-3H3/b11-6+;. The normalized spacial score (nSPS) is 17.3. The minimum Gasteiger partial charge on any atom is -0.281 e. The van der Waals surface area contributed by atoms with Crippen molar-refractivity contribution in [1.82, 2.24) is 0 Å². The van der Waals surface area contributed by atoms with Crippen LogP contribution in [0.15, 0.2) is 66.2 Å². The molecule has 0 amide bonds. The molecule has 2 heteroatoms. The van der Waals surface area contributed by atoms with Gasteiger partial charge >= 0.3 is 0 Å². The molecule has 0 fully saturated rings. The molecule has 0 saturated heterocycles. The maximum Gasteiger partial charge on any atom is 0.0716 e. The van der Waals surface area contributed by atoms with E-state index in [4.69, 9.17) is 16.6 Å². The lowest BCUT2D eigenvalue weighted by atomic mass is 10.0. The molecule has 0 bridgehead atoms. The minimum absolute atomic E-state index is 0.291. The average molecular weight is 330 g/mol. The molecule has 0 radical (unpaired) electrons. The lowest BCUT2D eigenvalue weighted by Gasteiger charge is -2.05. The van der Waals surface area contributed by atoms with Crippen LogP contribution in [0.4, 0.5) is 0 Å². The van der Waals surface area contributed by atoms with Crippen LogP contribution in [0.25, 0.3) is 0 Å². The molecule has 23 heavy (non-hydrogen) atoms. The summed E-state index contributed by atoms with van der Waals surface area (Å²) in [7, 11) is 0. The van der Waals surface area contributed by atoms with Gasteiger partial charge in [0, 0.05) is 16.3 Å². The number of nitrogens with zero attached hydrogens (tertiary/aromatic N) is 1. The van der Waals surface area contributed by atoms with Gasteiger partial charge in [-0.3, -0.25) is 4.99 Å². The van der Waals surface area contributed by atoms with Crippen molar-refractivity contribution in [2.24, 2.45) is 10.9 Å². The van der Waals surface area contributed by atoms with E-state index in [0.717, 1.165) is 41.5 Å². The number of aliphatic imine (C=N–C) groups is 1. The largest absolute Gasteiger partial charge is 0.281 e. The number of benzene rings is 1. The van der Waals surface area contributed by atoms with Crippen LogP contribution < -0.4 is 0 Å². The highest BCUT2D eigenvalue weighted by atomic mass is 35.5. The summed E-state index contributed by atoms with van der Waals surface area (Å²) in [5.74, 6) is 0.780. The Balaban J connectivity index is 0.000000379. The third-order valence-corrected chi connectivity index (χ3v) is 4.03. The highest BCUT2D eigenvalue weighted by molar-refractivity contribution is 6.34. The zero-order valence-electron chi connectivity index (χ0n) is 14.6. The van der Waals surface area contributed by atoms with Crippen molar-refractivity contribution in [3.8, 4) is 0 Å². The fourth-order valence-corrected chi connectivity index (χ4v) is 2.69. The minimum atomic E-state index is 0.291.